The minimum absolute atomic E-state index is 0.264. The molecule has 11 heavy (non-hydrogen) atoms. The average Bonchev–Trinajstić information content (AvgIpc) is 1.85. The fraction of sp³-hybridized carbons (Fsp3) is 1.00. The Morgan fingerprint density at radius 3 is 2.73 bits per heavy atom. The summed E-state index contributed by atoms with van der Waals surface area (Å²) in [6, 6.07) is 0.264. The summed E-state index contributed by atoms with van der Waals surface area (Å²) >= 11 is 0. The van der Waals surface area contributed by atoms with Gasteiger partial charge in [0.1, 0.15) is 0 Å². The lowest BCUT2D eigenvalue weighted by molar-refractivity contribution is -0.00503. The lowest BCUT2D eigenvalue weighted by atomic mass is 9.96. The Bertz CT molecular complexity index is 102. The first-order valence-corrected chi connectivity index (χ1v) is 4.70. The summed E-state index contributed by atoms with van der Waals surface area (Å²) in [4.78, 5) is 0. The molecule has 1 saturated carbocycles. The van der Waals surface area contributed by atoms with Gasteiger partial charge in [0.15, 0.2) is 0 Å². The standard InChI is InChI=1S/C9H19NO/c1-2-4-8(10)7-11-9-5-3-6-9/h8-9H,2-7,10H2,1H3. The van der Waals surface area contributed by atoms with Crippen molar-refractivity contribution in [1.29, 1.82) is 0 Å². The molecule has 1 aliphatic carbocycles. The Labute approximate surface area is 69.1 Å². The normalized spacial score (nSPS) is 21.3. The van der Waals surface area contributed by atoms with Crippen LogP contribution in [0.15, 0.2) is 0 Å². The van der Waals surface area contributed by atoms with Crippen LogP contribution in [0.1, 0.15) is 39.0 Å². The Kier molecular flexibility index (Phi) is 3.87. The van der Waals surface area contributed by atoms with Crippen LogP contribution >= 0.6 is 0 Å². The van der Waals surface area contributed by atoms with Crippen LogP contribution in [0, 0.1) is 0 Å². The monoisotopic (exact) mass is 157 g/mol. The van der Waals surface area contributed by atoms with E-state index in [4.69, 9.17) is 10.5 Å². The van der Waals surface area contributed by atoms with E-state index in [1.54, 1.807) is 0 Å². The largest absolute Gasteiger partial charge is 0.377 e. The van der Waals surface area contributed by atoms with E-state index in [-0.39, 0.29) is 6.04 Å². The van der Waals surface area contributed by atoms with E-state index in [0.29, 0.717) is 6.10 Å². The maximum Gasteiger partial charge on any atom is 0.0621 e. The molecule has 0 aliphatic heterocycles. The molecule has 1 atom stereocenters. The van der Waals surface area contributed by atoms with Crippen LogP contribution in [-0.4, -0.2) is 18.8 Å². The van der Waals surface area contributed by atoms with Gasteiger partial charge in [0.05, 0.1) is 12.7 Å². The Hall–Kier alpha value is -0.0800. The van der Waals surface area contributed by atoms with Crippen LogP contribution in [0.5, 0.6) is 0 Å². The first kappa shape index (κ1) is 9.01. The van der Waals surface area contributed by atoms with E-state index in [0.717, 1.165) is 19.4 Å². The quantitative estimate of drug-likeness (QED) is 0.659. The van der Waals surface area contributed by atoms with Crippen molar-refractivity contribution in [1.82, 2.24) is 0 Å². The van der Waals surface area contributed by atoms with Gasteiger partial charge < -0.3 is 10.5 Å². The molecule has 2 nitrogen and oxygen atoms in total. The lowest BCUT2D eigenvalue weighted by Crippen LogP contribution is -2.31. The SMILES string of the molecule is CCCC(N)COC1CCC1. The number of nitrogens with two attached hydrogens (primary N) is 1. The number of ether oxygens (including phenoxy) is 1. The highest BCUT2D eigenvalue weighted by atomic mass is 16.5. The van der Waals surface area contributed by atoms with E-state index in [2.05, 4.69) is 6.92 Å². The van der Waals surface area contributed by atoms with Crippen molar-refractivity contribution in [2.45, 2.75) is 51.2 Å². The summed E-state index contributed by atoms with van der Waals surface area (Å²) in [5.74, 6) is 0. The zero-order valence-corrected chi connectivity index (χ0v) is 7.38. The predicted octanol–water partition coefficient (Wildman–Crippen LogP) is 1.68. The van der Waals surface area contributed by atoms with Gasteiger partial charge in [-0.05, 0) is 25.7 Å². The van der Waals surface area contributed by atoms with Crippen molar-refractivity contribution >= 4 is 0 Å². The smallest absolute Gasteiger partial charge is 0.0621 e. The van der Waals surface area contributed by atoms with E-state index in [1.807, 2.05) is 0 Å². The van der Waals surface area contributed by atoms with Gasteiger partial charge >= 0.3 is 0 Å². The molecule has 2 heteroatoms. The van der Waals surface area contributed by atoms with Gasteiger partial charge in [0.25, 0.3) is 0 Å². The minimum Gasteiger partial charge on any atom is -0.377 e. The molecular weight excluding hydrogens is 138 g/mol. The highest BCUT2D eigenvalue weighted by Crippen LogP contribution is 2.21. The molecule has 1 aliphatic rings. The molecule has 0 aromatic carbocycles. The summed E-state index contributed by atoms with van der Waals surface area (Å²) in [5.41, 5.74) is 5.79. The van der Waals surface area contributed by atoms with E-state index >= 15 is 0 Å². The van der Waals surface area contributed by atoms with Crippen molar-refractivity contribution < 1.29 is 4.74 Å². The van der Waals surface area contributed by atoms with Gasteiger partial charge in [-0.15, -0.1) is 0 Å². The second-order valence-electron chi connectivity index (χ2n) is 3.44. The van der Waals surface area contributed by atoms with Crippen LogP contribution in [0.4, 0.5) is 0 Å². The van der Waals surface area contributed by atoms with Crippen molar-refractivity contribution in [2.75, 3.05) is 6.61 Å². The Balaban J connectivity index is 1.92. The molecule has 0 spiro atoms. The molecule has 0 radical (unpaired) electrons. The van der Waals surface area contributed by atoms with Crippen molar-refractivity contribution in [3.8, 4) is 0 Å². The summed E-state index contributed by atoms with van der Waals surface area (Å²) in [7, 11) is 0. The van der Waals surface area contributed by atoms with Gasteiger partial charge in [-0.2, -0.15) is 0 Å². The predicted molar refractivity (Wildman–Crippen MR) is 46.5 cm³/mol. The maximum atomic E-state index is 5.79. The number of hydrogen-bond donors (Lipinski definition) is 1. The van der Waals surface area contributed by atoms with Crippen LogP contribution in [0.3, 0.4) is 0 Å². The third-order valence-corrected chi connectivity index (χ3v) is 2.26. The Morgan fingerprint density at radius 2 is 2.27 bits per heavy atom. The number of hydrogen-bond acceptors (Lipinski definition) is 2. The number of rotatable bonds is 5. The first-order chi connectivity index (χ1) is 5.33. The molecule has 0 aromatic rings. The highest BCUT2D eigenvalue weighted by molar-refractivity contribution is 4.70. The van der Waals surface area contributed by atoms with Gasteiger partial charge in [-0.3, -0.25) is 0 Å². The third-order valence-electron chi connectivity index (χ3n) is 2.26. The molecule has 2 N–H and O–H groups in total. The first-order valence-electron chi connectivity index (χ1n) is 4.70. The molecule has 0 saturated heterocycles. The fourth-order valence-corrected chi connectivity index (χ4v) is 1.25. The van der Waals surface area contributed by atoms with Crippen molar-refractivity contribution in [2.24, 2.45) is 5.73 Å². The van der Waals surface area contributed by atoms with Crippen LogP contribution in [0.2, 0.25) is 0 Å². The minimum atomic E-state index is 0.264. The highest BCUT2D eigenvalue weighted by Gasteiger charge is 2.18. The van der Waals surface area contributed by atoms with Gasteiger partial charge in [0, 0.05) is 6.04 Å². The molecule has 0 amide bonds. The topological polar surface area (TPSA) is 35.2 Å². The van der Waals surface area contributed by atoms with Gasteiger partial charge in [0.2, 0.25) is 0 Å². The van der Waals surface area contributed by atoms with Crippen LogP contribution in [0.25, 0.3) is 0 Å². The second kappa shape index (κ2) is 4.73. The molecule has 0 bridgehead atoms. The van der Waals surface area contributed by atoms with E-state index in [9.17, 15) is 0 Å². The molecular formula is C9H19NO. The maximum absolute atomic E-state index is 5.79. The molecule has 66 valence electrons. The molecule has 1 fully saturated rings. The van der Waals surface area contributed by atoms with Gasteiger partial charge in [-0.25, -0.2) is 0 Å². The van der Waals surface area contributed by atoms with E-state index in [1.165, 1.54) is 19.3 Å². The fourth-order valence-electron chi connectivity index (χ4n) is 1.25. The summed E-state index contributed by atoms with van der Waals surface area (Å²) in [6.45, 7) is 2.92. The van der Waals surface area contributed by atoms with Crippen molar-refractivity contribution in [3.63, 3.8) is 0 Å². The third kappa shape index (κ3) is 3.21. The molecule has 1 unspecified atom stereocenters. The van der Waals surface area contributed by atoms with Gasteiger partial charge in [-0.1, -0.05) is 13.3 Å². The Morgan fingerprint density at radius 1 is 1.55 bits per heavy atom. The molecule has 0 heterocycles. The molecule has 0 aromatic heterocycles. The van der Waals surface area contributed by atoms with Crippen LogP contribution < -0.4 is 5.73 Å². The summed E-state index contributed by atoms with van der Waals surface area (Å²) in [5, 5.41) is 0. The zero-order chi connectivity index (χ0) is 8.10. The van der Waals surface area contributed by atoms with E-state index < -0.39 is 0 Å². The average molecular weight is 157 g/mol. The zero-order valence-electron chi connectivity index (χ0n) is 7.38. The van der Waals surface area contributed by atoms with Crippen molar-refractivity contribution in [3.05, 3.63) is 0 Å². The second-order valence-corrected chi connectivity index (χ2v) is 3.44. The van der Waals surface area contributed by atoms with Crippen LogP contribution in [-0.2, 0) is 4.74 Å². The lowest BCUT2D eigenvalue weighted by Gasteiger charge is -2.26. The summed E-state index contributed by atoms with van der Waals surface area (Å²) < 4.78 is 5.57. The molecule has 1 rings (SSSR count). The summed E-state index contributed by atoms with van der Waals surface area (Å²) in [6.07, 6.45) is 6.63.